The molecule has 41 heavy (non-hydrogen) atoms. The molecule has 2 N–H and O–H groups in total. The topological polar surface area (TPSA) is 110 Å². The molecule has 1 fully saturated rings. The molecule has 0 spiro atoms. The smallest absolute Gasteiger partial charge is 0.445 e. The minimum Gasteiger partial charge on any atom is -0.493 e. The summed E-state index contributed by atoms with van der Waals surface area (Å²) in [6, 6.07) is 7.43. The van der Waals surface area contributed by atoms with E-state index in [0.29, 0.717) is 5.56 Å². The summed E-state index contributed by atoms with van der Waals surface area (Å²) in [5.41, 5.74) is -0.496. The highest BCUT2D eigenvalue weighted by Crippen LogP contribution is 2.38. The van der Waals surface area contributed by atoms with Gasteiger partial charge in [0.2, 0.25) is 10.1 Å². The van der Waals surface area contributed by atoms with Crippen LogP contribution < -0.4 is 14.8 Å². The van der Waals surface area contributed by atoms with Gasteiger partial charge in [0.1, 0.15) is 5.75 Å². The summed E-state index contributed by atoms with van der Waals surface area (Å²) in [5.74, 6) is -0.899. The third kappa shape index (κ3) is 7.28. The Labute approximate surface area is 235 Å². The number of benzene rings is 2. The van der Waals surface area contributed by atoms with E-state index in [4.69, 9.17) is 4.74 Å². The minimum absolute atomic E-state index is 0.0216. The van der Waals surface area contributed by atoms with Crippen LogP contribution in [0.1, 0.15) is 65.1 Å². The van der Waals surface area contributed by atoms with E-state index in [-0.39, 0.29) is 40.1 Å². The van der Waals surface area contributed by atoms with Crippen LogP contribution in [-0.2, 0) is 22.4 Å². The lowest BCUT2D eigenvalue weighted by molar-refractivity contribution is -0.138. The number of hydrogen-bond donors (Lipinski definition) is 2. The molecule has 16 heteroatoms. The second-order valence-corrected chi connectivity index (χ2v) is 11.9. The zero-order chi connectivity index (χ0) is 30.0. The monoisotopic (exact) mass is 622 g/mol. The van der Waals surface area contributed by atoms with Crippen molar-refractivity contribution in [1.29, 1.82) is 0 Å². The number of sulfonamides is 1. The van der Waals surface area contributed by atoms with Gasteiger partial charge in [0.15, 0.2) is 0 Å². The van der Waals surface area contributed by atoms with Gasteiger partial charge in [-0.3, -0.25) is 9.52 Å². The first-order valence-corrected chi connectivity index (χ1v) is 14.7. The predicted octanol–water partition coefficient (Wildman–Crippen LogP) is 6.44. The molecule has 2 aromatic carbocycles. The van der Waals surface area contributed by atoms with Gasteiger partial charge in [-0.1, -0.05) is 36.3 Å². The van der Waals surface area contributed by atoms with Crippen LogP contribution in [0.4, 0.5) is 31.5 Å². The normalized spacial score (nSPS) is 15.5. The van der Waals surface area contributed by atoms with Crippen LogP contribution in [-0.4, -0.2) is 31.1 Å². The van der Waals surface area contributed by atoms with Crippen LogP contribution in [0.5, 0.6) is 5.75 Å². The van der Waals surface area contributed by atoms with E-state index in [1.54, 1.807) is 6.92 Å². The molecule has 1 atom stereocenters. The van der Waals surface area contributed by atoms with Crippen molar-refractivity contribution in [2.75, 3.05) is 11.3 Å². The van der Waals surface area contributed by atoms with E-state index < -0.39 is 50.0 Å². The molecule has 222 valence electrons. The molecular weight excluding hydrogens is 598 g/mol. The van der Waals surface area contributed by atoms with Crippen LogP contribution in [0.2, 0.25) is 0 Å². The fraction of sp³-hybridized carbons (Fsp3) is 0.400. The Kier molecular flexibility index (Phi) is 8.82. The molecule has 0 radical (unpaired) electrons. The molecular formula is C25H24F6N4O4S2. The largest absolute Gasteiger partial charge is 0.493 e. The summed E-state index contributed by atoms with van der Waals surface area (Å²) < 4.78 is 111. The van der Waals surface area contributed by atoms with Crippen molar-refractivity contribution in [2.45, 2.75) is 55.9 Å². The number of alkyl halides is 6. The van der Waals surface area contributed by atoms with Crippen LogP contribution in [0.25, 0.3) is 0 Å². The second-order valence-electron chi connectivity index (χ2n) is 9.22. The minimum atomic E-state index is -4.77. The summed E-state index contributed by atoms with van der Waals surface area (Å²) in [5, 5.41) is 7.19. The van der Waals surface area contributed by atoms with Gasteiger partial charge >= 0.3 is 12.4 Å². The highest BCUT2D eigenvalue weighted by Gasteiger charge is 2.36. The van der Waals surface area contributed by atoms with Gasteiger partial charge in [0, 0.05) is 0 Å². The summed E-state index contributed by atoms with van der Waals surface area (Å²) >= 11 is 0.0400. The Morgan fingerprint density at radius 2 is 1.68 bits per heavy atom. The highest BCUT2D eigenvalue weighted by molar-refractivity contribution is 7.93. The second kappa shape index (κ2) is 11.8. The number of carbonyl (C=O) groups is 1. The zero-order valence-electron chi connectivity index (χ0n) is 21.3. The Morgan fingerprint density at radius 3 is 2.24 bits per heavy atom. The third-order valence-corrected chi connectivity index (χ3v) is 8.82. The number of rotatable bonds is 9. The molecule has 1 unspecified atom stereocenters. The van der Waals surface area contributed by atoms with Gasteiger partial charge < -0.3 is 10.1 Å². The first-order chi connectivity index (χ1) is 19.2. The fourth-order valence-corrected chi connectivity index (χ4v) is 6.39. The molecule has 0 bridgehead atoms. The summed E-state index contributed by atoms with van der Waals surface area (Å²) in [6.45, 7) is 1.61. The number of carbonyl (C=O) groups excluding carboxylic acids is 1. The van der Waals surface area contributed by atoms with Crippen molar-refractivity contribution in [3.05, 3.63) is 64.2 Å². The maximum Gasteiger partial charge on any atom is 0.445 e. The SMILES string of the molecule is CCOc1cc(C(F)(F)F)ccc1C(=O)NC(c1ccc(S(=O)(=O)Nc2nnc(C(F)(F)F)s2)cc1)C1CCCC1. The molecule has 1 heterocycles. The zero-order valence-corrected chi connectivity index (χ0v) is 23.0. The number of ether oxygens (including phenoxy) is 1. The fourth-order valence-electron chi connectivity index (χ4n) is 4.55. The number of hydrogen-bond acceptors (Lipinski definition) is 7. The van der Waals surface area contributed by atoms with E-state index in [1.807, 2.05) is 4.72 Å². The number of aromatic nitrogens is 2. The Bertz CT molecular complexity index is 1480. The lowest BCUT2D eigenvalue weighted by atomic mass is 9.91. The molecule has 3 aromatic rings. The molecule has 1 aliphatic rings. The Hall–Kier alpha value is -3.40. The van der Waals surface area contributed by atoms with E-state index in [0.717, 1.165) is 43.9 Å². The van der Waals surface area contributed by atoms with Crippen molar-refractivity contribution in [2.24, 2.45) is 5.92 Å². The van der Waals surface area contributed by atoms with Gasteiger partial charge in [-0.25, -0.2) is 8.42 Å². The van der Waals surface area contributed by atoms with Crippen molar-refractivity contribution in [3.8, 4) is 5.75 Å². The van der Waals surface area contributed by atoms with Crippen molar-refractivity contribution < 1.29 is 44.3 Å². The number of amides is 1. The van der Waals surface area contributed by atoms with Crippen molar-refractivity contribution >= 4 is 32.4 Å². The lowest BCUT2D eigenvalue weighted by Gasteiger charge is -2.26. The maximum absolute atomic E-state index is 13.3. The first kappa shape index (κ1) is 30.6. The molecule has 1 amide bonds. The maximum atomic E-state index is 13.3. The van der Waals surface area contributed by atoms with E-state index in [9.17, 15) is 39.6 Å². The number of anilines is 1. The van der Waals surface area contributed by atoms with Crippen LogP contribution in [0.3, 0.4) is 0 Å². The van der Waals surface area contributed by atoms with Gasteiger partial charge in [-0.2, -0.15) is 26.3 Å². The summed E-state index contributed by atoms with van der Waals surface area (Å²) in [6.07, 6.45) is -6.07. The quantitative estimate of drug-likeness (QED) is 0.266. The molecule has 1 aliphatic carbocycles. The predicted molar refractivity (Wildman–Crippen MR) is 137 cm³/mol. The number of nitrogens with zero attached hydrogens (tertiary/aromatic N) is 2. The van der Waals surface area contributed by atoms with Crippen LogP contribution in [0.15, 0.2) is 47.4 Å². The molecule has 1 aromatic heterocycles. The number of nitrogens with one attached hydrogen (secondary N) is 2. The van der Waals surface area contributed by atoms with Crippen molar-refractivity contribution in [1.82, 2.24) is 15.5 Å². The first-order valence-electron chi connectivity index (χ1n) is 12.4. The Morgan fingerprint density at radius 1 is 1.02 bits per heavy atom. The molecule has 0 aliphatic heterocycles. The summed E-state index contributed by atoms with van der Waals surface area (Å²) in [7, 11) is -4.31. The standard InChI is InChI=1S/C25H24F6N4O4S2/c1-2-39-19-13-16(24(26,27)28)9-12-18(19)21(36)32-20(14-5-3-4-6-14)15-7-10-17(11-8-15)41(37,38)35-23-34-33-22(40-23)25(29,30)31/h7-14,20H,2-6H2,1H3,(H,32,36)(H,34,35). The van der Waals surface area contributed by atoms with Gasteiger partial charge in [0.25, 0.3) is 15.9 Å². The Balaban J connectivity index is 1.57. The molecule has 4 rings (SSSR count). The van der Waals surface area contributed by atoms with Gasteiger partial charge in [-0.15, -0.1) is 10.2 Å². The van der Waals surface area contributed by atoms with E-state index in [1.165, 1.54) is 24.3 Å². The summed E-state index contributed by atoms with van der Waals surface area (Å²) in [4.78, 5) is 13.0. The van der Waals surface area contributed by atoms with Crippen LogP contribution in [0, 0.1) is 5.92 Å². The molecule has 1 saturated carbocycles. The third-order valence-electron chi connectivity index (χ3n) is 6.45. The van der Waals surface area contributed by atoms with Crippen molar-refractivity contribution in [3.63, 3.8) is 0 Å². The van der Waals surface area contributed by atoms with Crippen LogP contribution >= 0.6 is 11.3 Å². The average molecular weight is 623 g/mol. The molecule has 8 nitrogen and oxygen atoms in total. The molecule has 0 saturated heterocycles. The van der Waals surface area contributed by atoms with E-state index in [2.05, 4.69) is 15.5 Å². The number of halogens is 6. The average Bonchev–Trinajstić information content (AvgIpc) is 3.59. The van der Waals surface area contributed by atoms with Gasteiger partial charge in [-0.05, 0) is 61.6 Å². The highest BCUT2D eigenvalue weighted by atomic mass is 32.2. The lowest BCUT2D eigenvalue weighted by Crippen LogP contribution is -2.33. The van der Waals surface area contributed by atoms with E-state index >= 15 is 0 Å². The van der Waals surface area contributed by atoms with Gasteiger partial charge in [0.05, 0.1) is 28.7 Å².